The summed E-state index contributed by atoms with van der Waals surface area (Å²) >= 11 is 0. The van der Waals surface area contributed by atoms with Gasteiger partial charge in [-0.15, -0.1) is 0 Å². The smallest absolute Gasteiger partial charge is 0.337 e. The molecule has 0 saturated carbocycles. The highest BCUT2D eigenvalue weighted by molar-refractivity contribution is 6.10. The number of allylic oxidation sites excluding steroid dienone is 1. The quantitative estimate of drug-likeness (QED) is 0.695. The first-order valence-corrected chi connectivity index (χ1v) is 6.71. The number of hydrogen-bond donors (Lipinski definition) is 1. The summed E-state index contributed by atoms with van der Waals surface area (Å²) in [6.45, 7) is 1.92. The fraction of sp³-hybridized carbons (Fsp3) is 0.118. The third-order valence-corrected chi connectivity index (χ3v) is 3.15. The maximum Gasteiger partial charge on any atom is 0.337 e. The van der Waals surface area contributed by atoms with E-state index in [1.165, 1.54) is 13.3 Å². The Hall–Kier alpha value is -2.95. The van der Waals surface area contributed by atoms with Crippen molar-refractivity contribution in [3.63, 3.8) is 0 Å². The number of nitrogens with zero attached hydrogens (tertiary/aromatic N) is 2. The lowest BCUT2D eigenvalue weighted by molar-refractivity contribution is 0.0601. The van der Waals surface area contributed by atoms with Crippen LogP contribution in [0.25, 0.3) is 5.57 Å². The molecule has 0 aliphatic carbocycles. The molecule has 1 aromatic heterocycles. The second kappa shape index (κ2) is 7.17. The summed E-state index contributed by atoms with van der Waals surface area (Å²) in [4.78, 5) is 20.1. The molecule has 1 aromatic carbocycles. The van der Waals surface area contributed by atoms with Crippen molar-refractivity contribution in [2.24, 2.45) is 10.7 Å². The van der Waals surface area contributed by atoms with Gasteiger partial charge in [0.05, 0.1) is 18.4 Å². The summed E-state index contributed by atoms with van der Waals surface area (Å²) in [5.41, 5.74) is 9.36. The summed E-state index contributed by atoms with van der Waals surface area (Å²) in [6.07, 6.45) is 6.53. The Balaban J connectivity index is 2.31. The number of pyridine rings is 1. The van der Waals surface area contributed by atoms with Gasteiger partial charge in [0.25, 0.3) is 0 Å². The molecule has 2 rings (SSSR count). The largest absolute Gasteiger partial charge is 0.465 e. The predicted octanol–water partition coefficient (Wildman–Crippen LogP) is 2.88. The van der Waals surface area contributed by atoms with Crippen LogP contribution in [0.15, 0.2) is 53.9 Å². The number of carbonyl (C=O) groups is 1. The maximum absolute atomic E-state index is 11.6. The number of rotatable bonds is 4. The van der Waals surface area contributed by atoms with Crippen LogP contribution in [-0.2, 0) is 4.74 Å². The maximum atomic E-state index is 11.6. The fourth-order valence-electron chi connectivity index (χ4n) is 1.88. The van der Waals surface area contributed by atoms with E-state index in [2.05, 4.69) is 9.98 Å². The van der Waals surface area contributed by atoms with Crippen LogP contribution in [0.4, 0.5) is 5.69 Å². The molecule has 0 unspecified atom stereocenters. The van der Waals surface area contributed by atoms with Crippen LogP contribution in [0.3, 0.4) is 0 Å². The summed E-state index contributed by atoms with van der Waals surface area (Å²) in [5, 5.41) is 0. The average Bonchev–Trinajstić information content (AvgIpc) is 2.57. The molecule has 0 fully saturated rings. The zero-order valence-electron chi connectivity index (χ0n) is 12.5. The van der Waals surface area contributed by atoms with Gasteiger partial charge in [-0.25, -0.2) is 4.79 Å². The van der Waals surface area contributed by atoms with Crippen LogP contribution in [0.5, 0.6) is 0 Å². The van der Waals surface area contributed by atoms with Gasteiger partial charge in [-0.05, 0) is 30.7 Å². The molecule has 0 bridgehead atoms. The van der Waals surface area contributed by atoms with Gasteiger partial charge in [-0.1, -0.05) is 12.1 Å². The van der Waals surface area contributed by atoms with Crippen molar-refractivity contribution >= 4 is 23.4 Å². The summed E-state index contributed by atoms with van der Waals surface area (Å²) in [5.74, 6) is -0.390. The Morgan fingerprint density at radius 1 is 1.32 bits per heavy atom. The molecular weight excluding hydrogens is 278 g/mol. The number of benzene rings is 1. The molecule has 1 heterocycles. The lowest BCUT2D eigenvalue weighted by Crippen LogP contribution is -2.00. The van der Waals surface area contributed by atoms with E-state index in [-0.39, 0.29) is 0 Å². The molecule has 5 heteroatoms. The Morgan fingerprint density at radius 2 is 2.14 bits per heavy atom. The fourth-order valence-corrected chi connectivity index (χ4v) is 1.88. The van der Waals surface area contributed by atoms with E-state index in [0.717, 1.165) is 16.7 Å². The van der Waals surface area contributed by atoms with Crippen LogP contribution < -0.4 is 5.73 Å². The number of aryl methyl sites for hydroxylation is 1. The molecule has 0 spiro atoms. The Kier molecular flexibility index (Phi) is 5.03. The van der Waals surface area contributed by atoms with Crippen molar-refractivity contribution in [1.29, 1.82) is 0 Å². The molecule has 0 aliphatic rings. The zero-order valence-corrected chi connectivity index (χ0v) is 12.5. The molecule has 0 saturated heterocycles. The average molecular weight is 295 g/mol. The van der Waals surface area contributed by atoms with Crippen molar-refractivity contribution in [3.05, 3.63) is 65.6 Å². The molecule has 0 amide bonds. The summed E-state index contributed by atoms with van der Waals surface area (Å²) in [6, 6.07) is 8.95. The third-order valence-electron chi connectivity index (χ3n) is 3.15. The van der Waals surface area contributed by atoms with Gasteiger partial charge in [0, 0.05) is 35.9 Å². The molecule has 22 heavy (non-hydrogen) atoms. The molecule has 2 aromatic rings. The van der Waals surface area contributed by atoms with Crippen LogP contribution in [0.2, 0.25) is 0 Å². The SMILES string of the molecule is COC(=O)c1ccc(C)c(N=CC(=CN)c2cccnc2)c1. The van der Waals surface area contributed by atoms with E-state index in [9.17, 15) is 4.79 Å². The number of hydrogen-bond acceptors (Lipinski definition) is 5. The highest BCUT2D eigenvalue weighted by Crippen LogP contribution is 2.21. The van der Waals surface area contributed by atoms with Gasteiger partial charge >= 0.3 is 5.97 Å². The number of methoxy groups -OCH3 is 1. The molecule has 2 N–H and O–H groups in total. The number of carbonyl (C=O) groups excluding carboxylic acids is 1. The Morgan fingerprint density at radius 3 is 2.77 bits per heavy atom. The lowest BCUT2D eigenvalue weighted by atomic mass is 10.1. The highest BCUT2D eigenvalue weighted by Gasteiger charge is 2.07. The van der Waals surface area contributed by atoms with E-state index in [4.69, 9.17) is 10.5 Å². The molecule has 0 radical (unpaired) electrons. The molecule has 112 valence electrons. The van der Waals surface area contributed by atoms with Gasteiger partial charge in [-0.2, -0.15) is 0 Å². The highest BCUT2D eigenvalue weighted by atomic mass is 16.5. The van der Waals surface area contributed by atoms with E-state index >= 15 is 0 Å². The van der Waals surface area contributed by atoms with Gasteiger partial charge in [0.1, 0.15) is 0 Å². The topological polar surface area (TPSA) is 77.6 Å². The van der Waals surface area contributed by atoms with Crippen molar-refractivity contribution in [3.8, 4) is 0 Å². The van der Waals surface area contributed by atoms with Crippen LogP contribution in [-0.4, -0.2) is 24.3 Å². The summed E-state index contributed by atoms with van der Waals surface area (Å²) in [7, 11) is 1.35. The number of ether oxygens (including phenoxy) is 1. The number of esters is 1. The second-order valence-electron chi connectivity index (χ2n) is 4.61. The van der Waals surface area contributed by atoms with Gasteiger partial charge in [-0.3, -0.25) is 9.98 Å². The van der Waals surface area contributed by atoms with Crippen LogP contribution in [0.1, 0.15) is 21.5 Å². The minimum absolute atomic E-state index is 0.390. The first-order chi connectivity index (χ1) is 10.7. The normalized spacial score (nSPS) is 11.6. The molecule has 0 atom stereocenters. The van der Waals surface area contributed by atoms with Gasteiger partial charge < -0.3 is 10.5 Å². The minimum atomic E-state index is -0.390. The first kappa shape index (κ1) is 15.4. The monoisotopic (exact) mass is 295 g/mol. The van der Waals surface area contributed by atoms with Crippen LogP contribution in [0, 0.1) is 6.92 Å². The predicted molar refractivity (Wildman–Crippen MR) is 87.1 cm³/mol. The van der Waals surface area contributed by atoms with E-state index in [1.807, 2.05) is 25.1 Å². The second-order valence-corrected chi connectivity index (χ2v) is 4.61. The Bertz CT molecular complexity index is 722. The molecule has 5 nitrogen and oxygen atoms in total. The standard InChI is InChI=1S/C17H17N3O2/c1-12-5-6-13(17(21)22-2)8-16(12)20-11-15(9-18)14-4-3-7-19-10-14/h3-11H,18H2,1-2H3. The van der Waals surface area contributed by atoms with Crippen molar-refractivity contribution in [1.82, 2.24) is 4.98 Å². The first-order valence-electron chi connectivity index (χ1n) is 6.71. The lowest BCUT2D eigenvalue weighted by Gasteiger charge is -2.04. The van der Waals surface area contributed by atoms with Crippen molar-refractivity contribution in [2.75, 3.05) is 7.11 Å². The van der Waals surface area contributed by atoms with Crippen molar-refractivity contribution < 1.29 is 9.53 Å². The van der Waals surface area contributed by atoms with Gasteiger partial charge in [0.2, 0.25) is 0 Å². The third kappa shape index (κ3) is 3.58. The molecular formula is C17H17N3O2. The Labute approximate surface area is 129 Å². The minimum Gasteiger partial charge on any atom is -0.465 e. The van der Waals surface area contributed by atoms with E-state index < -0.39 is 5.97 Å². The van der Waals surface area contributed by atoms with Crippen LogP contribution >= 0.6 is 0 Å². The summed E-state index contributed by atoms with van der Waals surface area (Å²) < 4.78 is 4.72. The van der Waals surface area contributed by atoms with Crippen molar-refractivity contribution in [2.45, 2.75) is 6.92 Å². The van der Waals surface area contributed by atoms with Gasteiger partial charge in [0.15, 0.2) is 0 Å². The number of aromatic nitrogens is 1. The molecule has 0 aliphatic heterocycles. The zero-order chi connectivity index (χ0) is 15.9. The van der Waals surface area contributed by atoms with E-state index in [0.29, 0.717) is 11.3 Å². The number of nitrogens with two attached hydrogens (primary N) is 1. The number of aliphatic imine (C=N–C) groups is 1. The van der Waals surface area contributed by atoms with E-state index in [1.54, 1.807) is 30.7 Å².